The standard InChI is InChI=1S/C17H11FN2O2S/c1-8-3-4-12-11(7-19)5-10(6-13(12)14(8)18)16-20-9(2)15(23-16)17(21)22/h3-6H,1-2H3,(H,21,22). The van der Waals surface area contributed by atoms with Crippen molar-refractivity contribution < 1.29 is 14.3 Å². The molecule has 3 rings (SSSR count). The van der Waals surface area contributed by atoms with Crippen LogP contribution in [0.3, 0.4) is 0 Å². The highest BCUT2D eigenvalue weighted by Crippen LogP contribution is 2.33. The van der Waals surface area contributed by atoms with Gasteiger partial charge in [-0.15, -0.1) is 11.3 Å². The van der Waals surface area contributed by atoms with E-state index in [4.69, 9.17) is 5.11 Å². The van der Waals surface area contributed by atoms with Crippen LogP contribution in [0, 0.1) is 31.0 Å². The zero-order valence-corrected chi connectivity index (χ0v) is 13.2. The molecule has 0 spiro atoms. The maximum Gasteiger partial charge on any atom is 0.347 e. The van der Waals surface area contributed by atoms with Crippen molar-refractivity contribution in [2.45, 2.75) is 13.8 Å². The van der Waals surface area contributed by atoms with Crippen molar-refractivity contribution in [3.8, 4) is 16.6 Å². The third-order valence-corrected chi connectivity index (χ3v) is 4.82. The van der Waals surface area contributed by atoms with E-state index in [-0.39, 0.29) is 10.7 Å². The van der Waals surface area contributed by atoms with Crippen LogP contribution in [0.2, 0.25) is 0 Å². The molecule has 23 heavy (non-hydrogen) atoms. The maximum atomic E-state index is 14.4. The summed E-state index contributed by atoms with van der Waals surface area (Å²) in [4.78, 5) is 15.5. The van der Waals surface area contributed by atoms with Gasteiger partial charge in [-0.05, 0) is 31.5 Å². The van der Waals surface area contributed by atoms with Crippen LogP contribution in [0.25, 0.3) is 21.3 Å². The lowest BCUT2D eigenvalue weighted by molar-refractivity contribution is 0.0701. The highest BCUT2D eigenvalue weighted by atomic mass is 32.1. The van der Waals surface area contributed by atoms with E-state index in [0.717, 1.165) is 11.3 Å². The number of carbonyl (C=O) groups is 1. The van der Waals surface area contributed by atoms with Gasteiger partial charge in [0, 0.05) is 16.3 Å². The second-order valence-corrected chi connectivity index (χ2v) is 6.16. The molecule has 0 radical (unpaired) electrons. The number of nitriles is 1. The summed E-state index contributed by atoms with van der Waals surface area (Å²) in [6.45, 7) is 3.27. The fraction of sp³-hybridized carbons (Fsp3) is 0.118. The predicted octanol–water partition coefficient (Wildman–Crippen LogP) is 4.29. The second-order valence-electron chi connectivity index (χ2n) is 5.17. The zero-order valence-electron chi connectivity index (χ0n) is 12.3. The molecule has 0 amide bonds. The van der Waals surface area contributed by atoms with E-state index in [1.54, 1.807) is 38.1 Å². The van der Waals surface area contributed by atoms with Crippen LogP contribution in [0.1, 0.15) is 26.5 Å². The quantitative estimate of drug-likeness (QED) is 0.762. The molecule has 0 bridgehead atoms. The molecular weight excluding hydrogens is 315 g/mol. The molecular formula is C17H11FN2O2S. The van der Waals surface area contributed by atoms with Gasteiger partial charge in [0.15, 0.2) is 0 Å². The molecule has 0 atom stereocenters. The maximum absolute atomic E-state index is 14.4. The van der Waals surface area contributed by atoms with E-state index < -0.39 is 5.97 Å². The van der Waals surface area contributed by atoms with Gasteiger partial charge >= 0.3 is 5.97 Å². The molecule has 0 aliphatic rings. The molecule has 0 aliphatic heterocycles. The molecule has 0 saturated heterocycles. The lowest BCUT2D eigenvalue weighted by Gasteiger charge is -2.07. The SMILES string of the molecule is Cc1ccc2c(C#N)cc(-c3nc(C)c(C(=O)O)s3)cc2c1F. The van der Waals surface area contributed by atoms with Crippen molar-refractivity contribution in [2.24, 2.45) is 0 Å². The molecule has 6 heteroatoms. The summed E-state index contributed by atoms with van der Waals surface area (Å²) >= 11 is 1.02. The van der Waals surface area contributed by atoms with Crippen molar-refractivity contribution >= 4 is 28.1 Å². The smallest absolute Gasteiger partial charge is 0.347 e. The van der Waals surface area contributed by atoms with Crippen LogP contribution in [-0.4, -0.2) is 16.1 Å². The summed E-state index contributed by atoms with van der Waals surface area (Å²) in [6, 6.07) is 8.64. The Morgan fingerprint density at radius 3 is 2.65 bits per heavy atom. The molecule has 2 aromatic carbocycles. The molecule has 1 heterocycles. The largest absolute Gasteiger partial charge is 0.477 e. The number of halogens is 1. The minimum atomic E-state index is -1.05. The van der Waals surface area contributed by atoms with E-state index in [9.17, 15) is 14.4 Å². The second kappa shape index (κ2) is 5.45. The first kappa shape index (κ1) is 15.1. The first-order valence-electron chi connectivity index (χ1n) is 6.76. The Hall–Kier alpha value is -2.78. The Balaban J connectivity index is 2.31. The van der Waals surface area contributed by atoms with E-state index in [1.165, 1.54) is 0 Å². The van der Waals surface area contributed by atoms with Crippen LogP contribution in [0.4, 0.5) is 4.39 Å². The molecule has 0 unspecified atom stereocenters. The number of aromatic carboxylic acids is 1. The van der Waals surface area contributed by atoms with Crippen LogP contribution in [0.5, 0.6) is 0 Å². The number of nitrogens with zero attached hydrogens (tertiary/aromatic N) is 2. The topological polar surface area (TPSA) is 74.0 Å². The van der Waals surface area contributed by atoms with Crippen molar-refractivity contribution in [2.75, 3.05) is 0 Å². The average Bonchev–Trinajstić information content (AvgIpc) is 2.92. The number of rotatable bonds is 2. The summed E-state index contributed by atoms with van der Waals surface area (Å²) in [7, 11) is 0. The molecule has 1 aromatic heterocycles. The van der Waals surface area contributed by atoms with Crippen molar-refractivity contribution in [1.82, 2.24) is 4.98 Å². The number of fused-ring (bicyclic) bond motifs is 1. The Bertz CT molecular complexity index is 1000. The normalized spacial score (nSPS) is 10.7. The lowest BCUT2D eigenvalue weighted by atomic mass is 9.99. The van der Waals surface area contributed by atoms with Gasteiger partial charge in [-0.1, -0.05) is 12.1 Å². The minimum Gasteiger partial charge on any atom is -0.477 e. The third kappa shape index (κ3) is 2.45. The number of benzene rings is 2. The van der Waals surface area contributed by atoms with Gasteiger partial charge in [0.1, 0.15) is 15.7 Å². The summed E-state index contributed by atoms with van der Waals surface area (Å²) < 4.78 is 14.4. The van der Waals surface area contributed by atoms with E-state index in [0.29, 0.717) is 38.2 Å². The van der Waals surface area contributed by atoms with E-state index in [2.05, 4.69) is 11.1 Å². The van der Waals surface area contributed by atoms with E-state index >= 15 is 0 Å². The molecule has 0 aliphatic carbocycles. The number of thiazole rings is 1. The van der Waals surface area contributed by atoms with Gasteiger partial charge in [0.25, 0.3) is 0 Å². The number of hydrogen-bond acceptors (Lipinski definition) is 4. The minimum absolute atomic E-state index is 0.142. The Morgan fingerprint density at radius 1 is 1.30 bits per heavy atom. The van der Waals surface area contributed by atoms with Gasteiger partial charge in [0.05, 0.1) is 17.3 Å². The molecule has 0 saturated carbocycles. The fourth-order valence-corrected chi connectivity index (χ4v) is 3.33. The molecule has 0 fully saturated rings. The van der Waals surface area contributed by atoms with E-state index in [1.807, 2.05) is 0 Å². The summed E-state index contributed by atoms with van der Waals surface area (Å²) in [5, 5.41) is 19.8. The van der Waals surface area contributed by atoms with Gasteiger partial charge in [-0.25, -0.2) is 14.2 Å². The number of hydrogen-bond donors (Lipinski definition) is 1. The van der Waals surface area contributed by atoms with Gasteiger partial charge < -0.3 is 5.11 Å². The number of carboxylic acid groups (broad SMARTS) is 1. The molecule has 1 N–H and O–H groups in total. The van der Waals surface area contributed by atoms with Crippen LogP contribution < -0.4 is 0 Å². The highest BCUT2D eigenvalue weighted by Gasteiger charge is 2.17. The number of aromatic nitrogens is 1. The Labute approximate surface area is 135 Å². The summed E-state index contributed by atoms with van der Waals surface area (Å²) in [5.74, 6) is -1.43. The monoisotopic (exact) mass is 326 g/mol. The van der Waals surface area contributed by atoms with Gasteiger partial charge in [-0.2, -0.15) is 5.26 Å². The summed E-state index contributed by atoms with van der Waals surface area (Å²) in [6.07, 6.45) is 0. The van der Waals surface area contributed by atoms with Crippen LogP contribution >= 0.6 is 11.3 Å². The third-order valence-electron chi connectivity index (χ3n) is 3.62. The summed E-state index contributed by atoms with van der Waals surface area (Å²) in [5.41, 5.74) is 1.76. The first-order valence-corrected chi connectivity index (χ1v) is 7.58. The molecule has 114 valence electrons. The zero-order chi connectivity index (χ0) is 16.7. The van der Waals surface area contributed by atoms with Crippen molar-refractivity contribution in [1.29, 1.82) is 5.26 Å². The highest BCUT2D eigenvalue weighted by molar-refractivity contribution is 7.17. The molecule has 4 nitrogen and oxygen atoms in total. The number of aryl methyl sites for hydroxylation is 2. The Morgan fingerprint density at radius 2 is 2.04 bits per heavy atom. The average molecular weight is 326 g/mol. The first-order chi connectivity index (χ1) is 10.9. The number of carboxylic acids is 1. The predicted molar refractivity (Wildman–Crippen MR) is 86.2 cm³/mol. The van der Waals surface area contributed by atoms with Crippen molar-refractivity contribution in [3.05, 3.63) is 51.8 Å². The fourth-order valence-electron chi connectivity index (χ4n) is 2.44. The van der Waals surface area contributed by atoms with Crippen LogP contribution in [-0.2, 0) is 0 Å². The van der Waals surface area contributed by atoms with Gasteiger partial charge in [0.2, 0.25) is 0 Å². The van der Waals surface area contributed by atoms with Gasteiger partial charge in [-0.3, -0.25) is 0 Å². The lowest BCUT2D eigenvalue weighted by Crippen LogP contribution is -1.94. The molecule has 3 aromatic rings. The van der Waals surface area contributed by atoms with Crippen LogP contribution in [0.15, 0.2) is 24.3 Å². The Kier molecular flexibility index (Phi) is 3.58. The van der Waals surface area contributed by atoms with Crippen molar-refractivity contribution in [3.63, 3.8) is 0 Å².